The van der Waals surface area contributed by atoms with Gasteiger partial charge in [-0.25, -0.2) is 0 Å². The van der Waals surface area contributed by atoms with Crippen LogP contribution in [0.25, 0.3) is 0 Å². The lowest BCUT2D eigenvalue weighted by Gasteiger charge is -2.62. The highest BCUT2D eigenvalue weighted by atomic mass is 16.5. The number of fused-ring (bicyclic) bond motifs is 5. The highest BCUT2D eigenvalue weighted by molar-refractivity contribution is 5.66. The second kappa shape index (κ2) is 12.0. The lowest BCUT2D eigenvalue weighted by atomic mass is 9.44. The summed E-state index contributed by atoms with van der Waals surface area (Å²) >= 11 is 0. The van der Waals surface area contributed by atoms with Crippen LogP contribution in [0.5, 0.6) is 0 Å². The molecular formula is C36H61N2O4+. The van der Waals surface area contributed by atoms with Crippen molar-refractivity contribution in [1.29, 1.82) is 0 Å². The molecule has 6 heteroatoms. The molecular weight excluding hydrogens is 524 g/mol. The van der Waals surface area contributed by atoms with Crippen LogP contribution in [0.4, 0.5) is 0 Å². The third-order valence-electron chi connectivity index (χ3n) is 14.2. The monoisotopic (exact) mass is 585 g/mol. The zero-order chi connectivity index (χ0) is 29.7. The van der Waals surface area contributed by atoms with Crippen LogP contribution in [0.3, 0.4) is 0 Å². The van der Waals surface area contributed by atoms with Crippen LogP contribution < -0.4 is 0 Å². The summed E-state index contributed by atoms with van der Waals surface area (Å²) in [7, 11) is 2.49. The first-order chi connectivity index (χ1) is 20.0. The van der Waals surface area contributed by atoms with Gasteiger partial charge in [0.1, 0.15) is 12.1 Å². The molecule has 42 heavy (non-hydrogen) atoms. The SMILES string of the molecule is CC(=O)O[C@H]1C[C@@H]2CCC3C4C[C@H]([N+]5(C)CCCCCC5)[C@H](OC(C)=O)[C@@]4(C)CCC3[C@@]2(C)C[C@@H]1N1CCCCCC1. The number of hydrogen-bond donors (Lipinski definition) is 0. The van der Waals surface area contributed by atoms with Gasteiger partial charge in [-0.1, -0.05) is 26.7 Å². The topological polar surface area (TPSA) is 55.8 Å². The maximum Gasteiger partial charge on any atom is 0.303 e. The number of rotatable bonds is 4. The maximum atomic E-state index is 12.6. The molecule has 0 radical (unpaired) electrons. The first-order valence-corrected chi connectivity index (χ1v) is 18.0. The van der Waals surface area contributed by atoms with E-state index in [0.29, 0.717) is 35.8 Å². The molecule has 4 saturated carbocycles. The number of likely N-dealkylation sites (tertiary alicyclic amines) is 2. The predicted molar refractivity (Wildman–Crippen MR) is 166 cm³/mol. The molecule has 0 N–H and O–H groups in total. The van der Waals surface area contributed by atoms with E-state index in [2.05, 4.69) is 25.8 Å². The molecule has 10 atom stereocenters. The Hall–Kier alpha value is -1.14. The van der Waals surface area contributed by atoms with E-state index in [0.717, 1.165) is 24.0 Å². The number of likely N-dealkylation sites (N-methyl/N-ethyl adjacent to an activating group) is 1. The van der Waals surface area contributed by atoms with Gasteiger partial charge in [0.25, 0.3) is 0 Å². The molecule has 0 aromatic rings. The lowest BCUT2D eigenvalue weighted by Crippen LogP contribution is -2.61. The molecule has 2 aliphatic heterocycles. The van der Waals surface area contributed by atoms with E-state index < -0.39 is 0 Å². The van der Waals surface area contributed by atoms with Gasteiger partial charge in [0.15, 0.2) is 6.10 Å². The molecule has 2 heterocycles. The van der Waals surface area contributed by atoms with Gasteiger partial charge in [-0.15, -0.1) is 0 Å². The number of carbonyl (C=O) groups excluding carboxylic acids is 2. The molecule has 6 fully saturated rings. The van der Waals surface area contributed by atoms with E-state index in [-0.39, 0.29) is 35.0 Å². The first kappa shape index (κ1) is 30.9. The zero-order valence-corrected chi connectivity index (χ0v) is 27.6. The molecule has 0 aromatic carbocycles. The van der Waals surface area contributed by atoms with Crippen LogP contribution in [0, 0.1) is 34.5 Å². The first-order valence-electron chi connectivity index (χ1n) is 18.0. The second-order valence-electron chi connectivity index (χ2n) is 16.5. The van der Waals surface area contributed by atoms with Crippen molar-refractivity contribution in [3.63, 3.8) is 0 Å². The average molecular weight is 586 g/mol. The fourth-order valence-corrected chi connectivity index (χ4v) is 12.1. The van der Waals surface area contributed by atoms with Crippen molar-refractivity contribution in [3.8, 4) is 0 Å². The fraction of sp³-hybridized carbons (Fsp3) is 0.944. The number of hydrogen-bond acceptors (Lipinski definition) is 5. The van der Waals surface area contributed by atoms with Crippen LogP contribution >= 0.6 is 0 Å². The smallest absolute Gasteiger partial charge is 0.303 e. The third kappa shape index (κ3) is 5.48. The minimum Gasteiger partial charge on any atom is -0.461 e. The Morgan fingerprint density at radius 2 is 1.40 bits per heavy atom. The van der Waals surface area contributed by atoms with E-state index in [1.807, 2.05) is 0 Å². The Morgan fingerprint density at radius 3 is 2.05 bits per heavy atom. The van der Waals surface area contributed by atoms with Gasteiger partial charge in [0.05, 0.1) is 20.1 Å². The van der Waals surface area contributed by atoms with Gasteiger partial charge in [0.2, 0.25) is 0 Å². The Bertz CT molecular complexity index is 985. The summed E-state index contributed by atoms with van der Waals surface area (Å²) in [5.41, 5.74) is 0.362. The molecule has 0 amide bonds. The summed E-state index contributed by atoms with van der Waals surface area (Å²) in [5.74, 6) is 2.49. The Labute approximate surface area is 256 Å². The summed E-state index contributed by atoms with van der Waals surface area (Å²) in [6, 6.07) is 0.780. The van der Waals surface area contributed by atoms with Gasteiger partial charge < -0.3 is 14.0 Å². The Kier molecular flexibility index (Phi) is 8.81. The summed E-state index contributed by atoms with van der Waals surface area (Å²) < 4.78 is 13.7. The molecule has 2 saturated heterocycles. The van der Waals surface area contributed by atoms with Gasteiger partial charge in [-0.05, 0) is 119 Å². The molecule has 0 bridgehead atoms. The second-order valence-corrected chi connectivity index (χ2v) is 16.5. The van der Waals surface area contributed by atoms with Crippen LogP contribution in [0.15, 0.2) is 0 Å². The van der Waals surface area contributed by atoms with Crippen LogP contribution in [0.1, 0.15) is 124 Å². The average Bonchev–Trinajstić information content (AvgIpc) is 3.16. The van der Waals surface area contributed by atoms with Crippen LogP contribution in [0.2, 0.25) is 0 Å². The molecule has 6 nitrogen and oxygen atoms in total. The summed E-state index contributed by atoms with van der Waals surface area (Å²) in [6.45, 7) is 13.2. The lowest BCUT2D eigenvalue weighted by molar-refractivity contribution is -0.935. The standard InChI is InChI=1S/C36H61N2O4/c1-25(39)41-33-22-27-14-15-28-29(36(27,4)24-31(33)37-18-10-6-7-11-19-37)16-17-35(3)30(28)23-32(34(35)42-26(2)40)38(5)20-12-8-9-13-21-38/h27-34H,6-24H2,1-5H3/q+1/t27-,28?,29?,30?,31-,32-,33-,34-,35-,36-/m0/s1. The van der Waals surface area contributed by atoms with Gasteiger partial charge in [0, 0.05) is 31.7 Å². The highest BCUT2D eigenvalue weighted by Gasteiger charge is 2.67. The van der Waals surface area contributed by atoms with Gasteiger partial charge in [-0.2, -0.15) is 0 Å². The molecule has 238 valence electrons. The largest absolute Gasteiger partial charge is 0.461 e. The van der Waals surface area contributed by atoms with Gasteiger partial charge >= 0.3 is 11.9 Å². The van der Waals surface area contributed by atoms with E-state index in [9.17, 15) is 9.59 Å². The minimum atomic E-state index is -0.107. The predicted octanol–water partition coefficient (Wildman–Crippen LogP) is 6.75. The zero-order valence-electron chi connectivity index (χ0n) is 27.6. The van der Waals surface area contributed by atoms with Crippen molar-refractivity contribution in [1.82, 2.24) is 4.90 Å². The van der Waals surface area contributed by atoms with Crippen molar-refractivity contribution >= 4 is 11.9 Å². The normalized spacial score (nSPS) is 45.8. The molecule has 6 aliphatic rings. The number of ether oxygens (including phenoxy) is 2. The van der Waals surface area contributed by atoms with Crippen molar-refractivity contribution in [2.45, 2.75) is 148 Å². The van der Waals surface area contributed by atoms with E-state index in [1.165, 1.54) is 103 Å². The molecule has 0 spiro atoms. The minimum absolute atomic E-state index is 0.0409. The molecule has 4 aliphatic carbocycles. The van der Waals surface area contributed by atoms with Crippen molar-refractivity contribution in [2.75, 3.05) is 33.2 Å². The fourth-order valence-electron chi connectivity index (χ4n) is 12.1. The number of quaternary nitrogens is 1. The maximum absolute atomic E-state index is 12.6. The van der Waals surface area contributed by atoms with Crippen molar-refractivity contribution in [3.05, 3.63) is 0 Å². The van der Waals surface area contributed by atoms with Crippen LogP contribution in [-0.2, 0) is 19.1 Å². The third-order valence-corrected chi connectivity index (χ3v) is 14.2. The number of esters is 2. The van der Waals surface area contributed by atoms with Crippen molar-refractivity contribution in [2.24, 2.45) is 34.5 Å². The molecule has 0 aromatic heterocycles. The van der Waals surface area contributed by atoms with Gasteiger partial charge in [-0.3, -0.25) is 14.5 Å². The van der Waals surface area contributed by atoms with Crippen LogP contribution in [-0.4, -0.2) is 78.8 Å². The number of carbonyl (C=O) groups is 2. The molecule has 6 rings (SSSR count). The highest BCUT2D eigenvalue weighted by Crippen LogP contribution is 2.67. The van der Waals surface area contributed by atoms with E-state index in [4.69, 9.17) is 9.47 Å². The summed E-state index contributed by atoms with van der Waals surface area (Å²) in [5, 5.41) is 0. The summed E-state index contributed by atoms with van der Waals surface area (Å²) in [6.07, 6.45) is 19.0. The Morgan fingerprint density at radius 1 is 0.762 bits per heavy atom. The van der Waals surface area contributed by atoms with E-state index >= 15 is 0 Å². The quantitative estimate of drug-likeness (QED) is 0.270. The molecule has 3 unspecified atom stereocenters. The Balaban J connectivity index is 1.29. The number of nitrogens with zero attached hydrogens (tertiary/aromatic N) is 2. The summed E-state index contributed by atoms with van der Waals surface area (Å²) in [4.78, 5) is 27.6. The van der Waals surface area contributed by atoms with E-state index in [1.54, 1.807) is 13.8 Å². The van der Waals surface area contributed by atoms with Crippen molar-refractivity contribution < 1.29 is 23.5 Å².